The van der Waals surface area contributed by atoms with E-state index in [1.807, 2.05) is 30.3 Å². The molecule has 0 N–H and O–H groups in total. The Morgan fingerprint density at radius 3 is 2.15 bits per heavy atom. The number of hydrogen-bond donors (Lipinski definition) is 0. The normalized spacial score (nSPS) is 21.9. The third-order valence-electron chi connectivity index (χ3n) is 7.69. The summed E-state index contributed by atoms with van der Waals surface area (Å²) < 4.78 is 0. The van der Waals surface area contributed by atoms with Crippen molar-refractivity contribution in [3.8, 4) is 0 Å². The van der Waals surface area contributed by atoms with Crippen LogP contribution < -0.4 is 0 Å². The Morgan fingerprint density at radius 2 is 1.45 bits per heavy atom. The minimum absolute atomic E-state index is 0.164. The lowest BCUT2D eigenvalue weighted by Gasteiger charge is -2.35. The molecule has 0 aliphatic carbocycles. The van der Waals surface area contributed by atoms with E-state index < -0.39 is 0 Å². The summed E-state index contributed by atoms with van der Waals surface area (Å²) >= 11 is 0. The summed E-state index contributed by atoms with van der Waals surface area (Å²) in [4.78, 5) is 17.9. The van der Waals surface area contributed by atoms with Gasteiger partial charge in [0.1, 0.15) is 0 Å². The molecular formula is C30H34N2O. The maximum Gasteiger partial charge on any atom is 0.253 e. The molecule has 2 saturated heterocycles. The van der Waals surface area contributed by atoms with Gasteiger partial charge in [0.25, 0.3) is 5.91 Å². The fourth-order valence-electron chi connectivity index (χ4n) is 5.87. The minimum atomic E-state index is 0.164. The van der Waals surface area contributed by atoms with Gasteiger partial charge in [-0.3, -0.25) is 4.79 Å². The van der Waals surface area contributed by atoms with Crippen LogP contribution in [0.15, 0.2) is 84.9 Å². The first-order valence-electron chi connectivity index (χ1n) is 12.4. The van der Waals surface area contributed by atoms with Crippen LogP contribution in [0, 0.1) is 12.8 Å². The maximum absolute atomic E-state index is 13.2. The molecule has 0 radical (unpaired) electrons. The van der Waals surface area contributed by atoms with Gasteiger partial charge in [-0.05, 0) is 73.5 Å². The van der Waals surface area contributed by atoms with Crippen molar-refractivity contribution in [1.82, 2.24) is 9.80 Å². The fourth-order valence-corrected chi connectivity index (χ4v) is 5.87. The van der Waals surface area contributed by atoms with Crippen LogP contribution in [0.25, 0.3) is 0 Å². The predicted molar refractivity (Wildman–Crippen MR) is 135 cm³/mol. The largest absolute Gasteiger partial charge is 0.338 e. The molecule has 3 aromatic rings. The average molecular weight is 439 g/mol. The maximum atomic E-state index is 13.2. The van der Waals surface area contributed by atoms with Crippen molar-refractivity contribution in [1.29, 1.82) is 0 Å². The molecule has 3 aromatic carbocycles. The van der Waals surface area contributed by atoms with E-state index in [9.17, 15) is 4.79 Å². The van der Waals surface area contributed by atoms with Crippen molar-refractivity contribution in [2.75, 3.05) is 32.7 Å². The number of likely N-dealkylation sites (tertiary alicyclic amines) is 2. The number of carbonyl (C=O) groups is 1. The van der Waals surface area contributed by atoms with Crippen LogP contribution >= 0.6 is 0 Å². The number of rotatable bonds is 5. The highest BCUT2D eigenvalue weighted by Gasteiger charge is 2.37. The second kappa shape index (κ2) is 9.93. The third-order valence-corrected chi connectivity index (χ3v) is 7.69. The van der Waals surface area contributed by atoms with Gasteiger partial charge in [0.05, 0.1) is 0 Å². The Morgan fingerprint density at radius 1 is 0.818 bits per heavy atom. The van der Waals surface area contributed by atoms with Crippen molar-refractivity contribution >= 4 is 5.91 Å². The molecule has 0 bridgehead atoms. The minimum Gasteiger partial charge on any atom is -0.338 e. The van der Waals surface area contributed by atoms with Crippen LogP contribution in [-0.2, 0) is 0 Å². The molecule has 2 aliphatic heterocycles. The van der Waals surface area contributed by atoms with Gasteiger partial charge in [0.15, 0.2) is 0 Å². The van der Waals surface area contributed by atoms with Crippen LogP contribution in [0.3, 0.4) is 0 Å². The van der Waals surface area contributed by atoms with Crippen molar-refractivity contribution in [2.45, 2.75) is 31.6 Å². The summed E-state index contributed by atoms with van der Waals surface area (Å²) in [6, 6.07) is 29.4. The number of aryl methyl sites for hydroxylation is 1. The predicted octanol–water partition coefficient (Wildman–Crippen LogP) is 5.73. The quantitative estimate of drug-likeness (QED) is 0.508. The van der Waals surface area contributed by atoms with Crippen molar-refractivity contribution < 1.29 is 4.79 Å². The van der Waals surface area contributed by atoms with Gasteiger partial charge >= 0.3 is 0 Å². The smallest absolute Gasteiger partial charge is 0.253 e. The molecule has 2 heterocycles. The van der Waals surface area contributed by atoms with Gasteiger partial charge in [-0.25, -0.2) is 0 Å². The van der Waals surface area contributed by atoms with Crippen LogP contribution in [0.1, 0.15) is 51.7 Å². The molecule has 33 heavy (non-hydrogen) atoms. The number of carbonyl (C=O) groups excluding carboxylic acids is 1. The van der Waals surface area contributed by atoms with Crippen LogP contribution in [0.5, 0.6) is 0 Å². The van der Waals surface area contributed by atoms with Gasteiger partial charge in [0, 0.05) is 31.1 Å². The number of hydrogen-bond acceptors (Lipinski definition) is 2. The summed E-state index contributed by atoms with van der Waals surface area (Å²) in [6.07, 6.45) is 2.44. The molecule has 1 amide bonds. The Labute approximate surface area is 198 Å². The van der Waals surface area contributed by atoms with Gasteiger partial charge in [-0.15, -0.1) is 0 Å². The van der Waals surface area contributed by atoms with Crippen molar-refractivity contribution in [3.63, 3.8) is 0 Å². The molecule has 3 nitrogen and oxygen atoms in total. The van der Waals surface area contributed by atoms with Crippen molar-refractivity contribution in [3.05, 3.63) is 107 Å². The molecule has 2 atom stereocenters. The van der Waals surface area contributed by atoms with E-state index in [0.29, 0.717) is 17.8 Å². The Hall–Kier alpha value is -2.91. The summed E-state index contributed by atoms with van der Waals surface area (Å²) in [5.74, 6) is 1.70. The van der Waals surface area contributed by atoms with E-state index >= 15 is 0 Å². The molecule has 2 fully saturated rings. The second-order valence-electron chi connectivity index (χ2n) is 9.78. The molecule has 3 heteroatoms. The van der Waals surface area contributed by atoms with E-state index in [1.54, 1.807) is 0 Å². The highest BCUT2D eigenvalue weighted by molar-refractivity contribution is 5.94. The topological polar surface area (TPSA) is 23.6 Å². The average Bonchev–Trinajstić information content (AvgIpc) is 3.29. The summed E-state index contributed by atoms with van der Waals surface area (Å²) in [7, 11) is 0. The number of piperidine rings is 1. The summed E-state index contributed by atoms with van der Waals surface area (Å²) in [5, 5.41) is 0. The molecule has 2 aliphatic rings. The fraction of sp³-hybridized carbons (Fsp3) is 0.367. The van der Waals surface area contributed by atoms with E-state index in [4.69, 9.17) is 0 Å². The van der Waals surface area contributed by atoms with E-state index in [2.05, 4.69) is 71.3 Å². The molecule has 0 spiro atoms. The van der Waals surface area contributed by atoms with Crippen molar-refractivity contribution in [2.24, 2.45) is 5.92 Å². The lowest BCUT2D eigenvalue weighted by Crippen LogP contribution is -2.38. The van der Waals surface area contributed by atoms with Gasteiger partial charge in [0.2, 0.25) is 0 Å². The Kier molecular flexibility index (Phi) is 6.59. The molecule has 5 rings (SSSR count). The molecular weight excluding hydrogens is 404 g/mol. The van der Waals surface area contributed by atoms with E-state index in [-0.39, 0.29) is 5.91 Å². The van der Waals surface area contributed by atoms with E-state index in [0.717, 1.165) is 38.3 Å². The highest BCUT2D eigenvalue weighted by Crippen LogP contribution is 2.36. The molecule has 170 valence electrons. The second-order valence-corrected chi connectivity index (χ2v) is 9.78. The Balaban J connectivity index is 1.27. The van der Waals surface area contributed by atoms with Crippen LogP contribution in [0.2, 0.25) is 0 Å². The zero-order chi connectivity index (χ0) is 22.6. The zero-order valence-electron chi connectivity index (χ0n) is 19.6. The van der Waals surface area contributed by atoms with E-state index in [1.165, 1.54) is 29.5 Å². The van der Waals surface area contributed by atoms with Crippen LogP contribution in [0.4, 0.5) is 0 Å². The third kappa shape index (κ3) is 4.89. The van der Waals surface area contributed by atoms with Gasteiger partial charge in [-0.2, -0.15) is 0 Å². The first kappa shape index (κ1) is 21.9. The summed E-state index contributed by atoms with van der Waals surface area (Å²) in [5.41, 5.74) is 5.11. The lowest BCUT2D eigenvalue weighted by atomic mass is 9.85. The first-order chi connectivity index (χ1) is 16.2. The SMILES string of the molecule is Cc1ccccc1C1CCN(CC2CN(C(=O)c3ccccc3)CC2c2ccccc2)CC1. The van der Waals surface area contributed by atoms with Gasteiger partial charge in [-0.1, -0.05) is 72.8 Å². The zero-order valence-corrected chi connectivity index (χ0v) is 19.6. The first-order valence-corrected chi connectivity index (χ1v) is 12.4. The Bertz CT molecular complexity index is 1060. The number of amides is 1. The molecule has 0 saturated carbocycles. The lowest BCUT2D eigenvalue weighted by molar-refractivity contribution is 0.0781. The standard InChI is InChI=1S/C30H34N2O/c1-23-10-8-9-15-28(23)25-16-18-31(19-17-25)20-27-21-32(30(33)26-13-6-3-7-14-26)22-29(27)24-11-4-2-5-12-24/h2-15,25,27,29H,16-22H2,1H3. The molecule has 0 aromatic heterocycles. The monoisotopic (exact) mass is 438 g/mol. The molecule has 2 unspecified atom stereocenters. The number of benzene rings is 3. The highest BCUT2D eigenvalue weighted by atomic mass is 16.2. The summed E-state index contributed by atoms with van der Waals surface area (Å²) in [6.45, 7) is 7.24. The van der Waals surface area contributed by atoms with Crippen LogP contribution in [-0.4, -0.2) is 48.4 Å². The number of nitrogens with zero attached hydrogens (tertiary/aromatic N) is 2. The van der Waals surface area contributed by atoms with Gasteiger partial charge < -0.3 is 9.80 Å².